The van der Waals surface area contributed by atoms with Crippen molar-refractivity contribution in [3.8, 4) is 11.1 Å². The minimum atomic E-state index is -0.976. The van der Waals surface area contributed by atoms with E-state index in [0.29, 0.717) is 11.0 Å². The molecule has 0 bridgehead atoms. The number of carbonyl (C=O) groups is 4. The number of aromatic nitrogens is 2. The molecule has 0 unspecified atom stereocenters. The van der Waals surface area contributed by atoms with Crippen LogP contribution in [0, 0.1) is 0 Å². The van der Waals surface area contributed by atoms with E-state index in [-0.39, 0.29) is 19.7 Å². The highest BCUT2D eigenvalue weighted by Gasteiger charge is 2.35. The number of carbonyl (C=O) groups excluding carboxylic acids is 4. The Morgan fingerprint density at radius 1 is 0.976 bits per heavy atom. The Bertz CT molecular complexity index is 1480. The third-order valence-corrected chi connectivity index (χ3v) is 6.29. The second kappa shape index (κ2) is 11.8. The van der Waals surface area contributed by atoms with Crippen molar-refractivity contribution in [2.45, 2.75) is 71.3 Å². The van der Waals surface area contributed by atoms with Gasteiger partial charge >= 0.3 is 12.2 Å². The van der Waals surface area contributed by atoms with Crippen molar-refractivity contribution in [1.29, 1.82) is 0 Å². The Labute approximate surface area is 244 Å². The van der Waals surface area contributed by atoms with E-state index in [2.05, 4.69) is 10.3 Å². The number of imidazole rings is 1. The predicted molar refractivity (Wildman–Crippen MR) is 154 cm³/mol. The van der Waals surface area contributed by atoms with Gasteiger partial charge in [-0.3, -0.25) is 14.5 Å². The van der Waals surface area contributed by atoms with Crippen molar-refractivity contribution in [1.82, 2.24) is 19.8 Å². The van der Waals surface area contributed by atoms with E-state index in [1.165, 1.54) is 15.8 Å². The number of hydrogen-bond donors (Lipinski definition) is 2. The molecule has 0 saturated carbocycles. The molecule has 1 fully saturated rings. The van der Waals surface area contributed by atoms with E-state index < -0.39 is 47.3 Å². The molecule has 0 radical (unpaired) electrons. The Kier molecular flexibility index (Phi) is 8.58. The highest BCUT2D eigenvalue weighted by molar-refractivity contribution is 5.90. The molecule has 42 heavy (non-hydrogen) atoms. The van der Waals surface area contributed by atoms with Crippen molar-refractivity contribution in [3.05, 3.63) is 54.4 Å². The summed E-state index contributed by atoms with van der Waals surface area (Å²) in [6.07, 6.45) is -0.424. The number of rotatable bonds is 6. The lowest BCUT2D eigenvalue weighted by atomic mass is 10.00. The van der Waals surface area contributed by atoms with Crippen LogP contribution in [0.2, 0.25) is 0 Å². The molecule has 1 saturated heterocycles. The molecule has 224 valence electrons. The highest BCUT2D eigenvalue weighted by Crippen LogP contribution is 2.25. The first-order chi connectivity index (χ1) is 19.6. The Morgan fingerprint density at radius 3 is 2.21 bits per heavy atom. The number of fused-ring (bicyclic) bond motifs is 1. The highest BCUT2D eigenvalue weighted by atomic mass is 16.6. The van der Waals surface area contributed by atoms with Crippen LogP contribution in [0.3, 0.4) is 0 Å². The van der Waals surface area contributed by atoms with Gasteiger partial charge in [0, 0.05) is 6.42 Å². The number of primary amides is 1. The fourth-order valence-corrected chi connectivity index (χ4v) is 4.30. The second-order valence-corrected chi connectivity index (χ2v) is 12.2. The lowest BCUT2D eigenvalue weighted by Gasteiger charge is -2.23. The standard InChI is InChI=1S/C30H37N5O7/c1-29(2,3)41-27(38)34-15-24(40-17-34)26(37)33-22(25(31)36)13-18-7-9-19(10-8-18)20-11-12-23-21(14-20)32-16-35(23)28(39)42-30(4,5)6/h7-12,14,16,22,24H,13,15,17H2,1-6H3,(H2,31,36)(H,33,37)/t22-,24-/m0/s1. The van der Waals surface area contributed by atoms with E-state index in [9.17, 15) is 19.2 Å². The van der Waals surface area contributed by atoms with Crippen LogP contribution in [0.1, 0.15) is 47.1 Å². The maximum Gasteiger partial charge on any atom is 0.420 e. The van der Waals surface area contributed by atoms with Gasteiger partial charge < -0.3 is 25.3 Å². The zero-order chi connectivity index (χ0) is 30.8. The molecule has 3 aromatic rings. The van der Waals surface area contributed by atoms with Crippen molar-refractivity contribution >= 4 is 35.0 Å². The molecule has 3 amide bonds. The normalized spacial score (nSPS) is 16.2. The summed E-state index contributed by atoms with van der Waals surface area (Å²) in [5.74, 6) is -1.24. The van der Waals surface area contributed by atoms with Crippen molar-refractivity contribution in [3.63, 3.8) is 0 Å². The molecule has 2 atom stereocenters. The van der Waals surface area contributed by atoms with E-state index >= 15 is 0 Å². The number of ether oxygens (including phenoxy) is 3. The quantitative estimate of drug-likeness (QED) is 0.449. The summed E-state index contributed by atoms with van der Waals surface area (Å²) in [6.45, 7) is 10.6. The molecule has 3 N–H and O–H groups in total. The largest absolute Gasteiger partial charge is 0.444 e. The Hall–Kier alpha value is -4.45. The minimum absolute atomic E-state index is 0.00127. The van der Waals surface area contributed by atoms with E-state index in [0.717, 1.165) is 16.7 Å². The van der Waals surface area contributed by atoms with E-state index in [1.807, 2.05) is 42.5 Å². The maximum absolute atomic E-state index is 12.8. The van der Waals surface area contributed by atoms with Gasteiger partial charge in [0.05, 0.1) is 17.6 Å². The van der Waals surface area contributed by atoms with Crippen LogP contribution < -0.4 is 11.1 Å². The van der Waals surface area contributed by atoms with Crippen molar-refractivity contribution < 1.29 is 33.4 Å². The summed E-state index contributed by atoms with van der Waals surface area (Å²) < 4.78 is 17.6. The zero-order valence-electron chi connectivity index (χ0n) is 24.7. The molecule has 1 aromatic heterocycles. The van der Waals surface area contributed by atoms with Crippen molar-refractivity contribution in [2.24, 2.45) is 5.73 Å². The molecule has 4 rings (SSSR count). The number of amides is 3. The molecular formula is C30H37N5O7. The average molecular weight is 580 g/mol. The fourth-order valence-electron chi connectivity index (χ4n) is 4.30. The SMILES string of the molecule is CC(C)(C)OC(=O)N1CO[C@H](C(=O)N[C@@H](Cc2ccc(-c3ccc4c(c3)ncn4C(=O)OC(C)(C)C)cc2)C(N)=O)C1. The number of benzene rings is 2. The molecule has 0 spiro atoms. The number of nitrogens with one attached hydrogen (secondary N) is 1. The van der Waals surface area contributed by atoms with Gasteiger partial charge in [-0.15, -0.1) is 0 Å². The third kappa shape index (κ3) is 7.64. The van der Waals surface area contributed by atoms with Gasteiger partial charge in [0.2, 0.25) is 5.91 Å². The van der Waals surface area contributed by atoms with E-state index in [1.54, 1.807) is 41.5 Å². The molecule has 12 nitrogen and oxygen atoms in total. The zero-order valence-corrected chi connectivity index (χ0v) is 24.7. The Morgan fingerprint density at radius 2 is 1.60 bits per heavy atom. The topological polar surface area (TPSA) is 155 Å². The van der Waals surface area contributed by atoms with Crippen LogP contribution in [0.4, 0.5) is 9.59 Å². The van der Waals surface area contributed by atoms with Gasteiger partial charge in [0.15, 0.2) is 6.10 Å². The lowest BCUT2D eigenvalue weighted by molar-refractivity contribution is -0.133. The first-order valence-corrected chi connectivity index (χ1v) is 13.6. The molecular weight excluding hydrogens is 542 g/mol. The smallest absolute Gasteiger partial charge is 0.420 e. The molecule has 12 heteroatoms. The van der Waals surface area contributed by atoms with Gasteiger partial charge in [-0.1, -0.05) is 30.3 Å². The van der Waals surface area contributed by atoms with Gasteiger partial charge in [0.25, 0.3) is 5.91 Å². The van der Waals surface area contributed by atoms with Crippen LogP contribution >= 0.6 is 0 Å². The summed E-state index contributed by atoms with van der Waals surface area (Å²) >= 11 is 0. The molecule has 0 aliphatic carbocycles. The van der Waals surface area contributed by atoms with Crippen LogP contribution in [-0.4, -0.2) is 75.1 Å². The number of nitrogens with zero attached hydrogens (tertiary/aromatic N) is 3. The third-order valence-electron chi connectivity index (χ3n) is 6.29. The van der Waals surface area contributed by atoms with Crippen molar-refractivity contribution in [2.75, 3.05) is 13.3 Å². The van der Waals surface area contributed by atoms with Gasteiger partial charge in [0.1, 0.15) is 30.3 Å². The van der Waals surface area contributed by atoms with Crippen LogP contribution in [0.25, 0.3) is 22.2 Å². The summed E-state index contributed by atoms with van der Waals surface area (Å²) in [5, 5.41) is 2.64. The van der Waals surface area contributed by atoms with Gasteiger partial charge in [-0.25, -0.2) is 19.1 Å². The van der Waals surface area contributed by atoms with Crippen LogP contribution in [0.15, 0.2) is 48.8 Å². The van der Waals surface area contributed by atoms with E-state index in [4.69, 9.17) is 19.9 Å². The first kappa shape index (κ1) is 30.5. The fraction of sp³-hybridized carbons (Fsp3) is 0.433. The number of hydrogen-bond acceptors (Lipinski definition) is 8. The van der Waals surface area contributed by atoms with Gasteiger partial charge in [-0.05, 0) is 70.4 Å². The summed E-state index contributed by atoms with van der Waals surface area (Å²) in [6, 6.07) is 12.1. The minimum Gasteiger partial charge on any atom is -0.444 e. The predicted octanol–water partition coefficient (Wildman–Crippen LogP) is 3.59. The summed E-state index contributed by atoms with van der Waals surface area (Å²) in [5.41, 5.74) is 8.11. The summed E-state index contributed by atoms with van der Waals surface area (Å²) in [4.78, 5) is 55.4. The maximum atomic E-state index is 12.8. The first-order valence-electron chi connectivity index (χ1n) is 13.6. The van der Waals surface area contributed by atoms with Gasteiger partial charge in [-0.2, -0.15) is 0 Å². The summed E-state index contributed by atoms with van der Waals surface area (Å²) in [7, 11) is 0. The van der Waals surface area contributed by atoms with Crippen LogP contribution in [-0.2, 0) is 30.2 Å². The average Bonchev–Trinajstić information content (AvgIpc) is 3.54. The molecule has 2 heterocycles. The molecule has 1 aliphatic rings. The lowest BCUT2D eigenvalue weighted by Crippen LogP contribution is -2.50. The second-order valence-electron chi connectivity index (χ2n) is 12.2. The molecule has 2 aromatic carbocycles. The monoisotopic (exact) mass is 579 g/mol. The van der Waals surface area contributed by atoms with Crippen LogP contribution in [0.5, 0.6) is 0 Å². The Balaban J connectivity index is 1.39. The number of nitrogens with two attached hydrogens (primary N) is 1. The molecule has 1 aliphatic heterocycles.